The Bertz CT molecular complexity index is 272. The molecule has 0 amide bonds. The molecule has 0 aliphatic rings. The van der Waals surface area contributed by atoms with Crippen molar-refractivity contribution in [3.05, 3.63) is 20.7 Å². The van der Waals surface area contributed by atoms with Gasteiger partial charge in [-0.15, -0.1) is 0 Å². The summed E-state index contributed by atoms with van der Waals surface area (Å²) in [5, 5.41) is 0. The summed E-state index contributed by atoms with van der Waals surface area (Å²) < 4.78 is 24.6. The van der Waals surface area contributed by atoms with E-state index in [-0.39, 0.29) is 4.88 Å². The molecule has 0 saturated carbocycles. The van der Waals surface area contributed by atoms with E-state index < -0.39 is 10.8 Å². The quantitative estimate of drug-likeness (QED) is 0.672. The molecular formula is C5H5F2NOS. The van der Waals surface area contributed by atoms with E-state index in [1.165, 1.54) is 0 Å². The Morgan fingerprint density at radius 1 is 1.70 bits per heavy atom. The highest BCUT2D eigenvalue weighted by molar-refractivity contribution is 7.09. The summed E-state index contributed by atoms with van der Waals surface area (Å²) in [5.41, 5.74) is 0. The second kappa shape index (κ2) is 2.16. The maximum atomic E-state index is 12.3. The molecule has 0 radical (unpaired) electrons. The Hall–Kier alpha value is -0.710. The summed E-state index contributed by atoms with van der Waals surface area (Å²) in [5.74, 6) is -2.90. The lowest BCUT2D eigenvalue weighted by atomic mass is 10.3. The van der Waals surface area contributed by atoms with Gasteiger partial charge in [-0.1, -0.05) is 11.3 Å². The van der Waals surface area contributed by atoms with E-state index >= 15 is 0 Å². The summed E-state index contributed by atoms with van der Waals surface area (Å²) in [6.07, 6.45) is 1.03. The summed E-state index contributed by atoms with van der Waals surface area (Å²) in [7, 11) is 0. The van der Waals surface area contributed by atoms with E-state index in [2.05, 4.69) is 4.98 Å². The van der Waals surface area contributed by atoms with E-state index in [1.807, 2.05) is 0 Å². The van der Waals surface area contributed by atoms with Crippen LogP contribution < -0.4 is 4.87 Å². The molecule has 0 fully saturated rings. The first-order valence-electron chi connectivity index (χ1n) is 2.57. The molecule has 0 unspecified atom stereocenters. The number of nitrogens with one attached hydrogen (secondary N) is 1. The van der Waals surface area contributed by atoms with Gasteiger partial charge in [0.25, 0.3) is 5.92 Å². The van der Waals surface area contributed by atoms with Crippen LogP contribution >= 0.6 is 11.3 Å². The summed E-state index contributed by atoms with van der Waals surface area (Å²) >= 11 is 0.534. The summed E-state index contributed by atoms with van der Waals surface area (Å²) in [6.45, 7) is 0.756. The number of hydrogen-bond donors (Lipinski definition) is 1. The Labute approximate surface area is 59.5 Å². The van der Waals surface area contributed by atoms with Crippen LogP contribution in [0.4, 0.5) is 8.78 Å². The van der Waals surface area contributed by atoms with Crippen molar-refractivity contribution < 1.29 is 8.78 Å². The molecule has 2 nitrogen and oxygen atoms in total. The molecule has 56 valence electrons. The molecule has 0 aliphatic heterocycles. The standard InChI is InChI=1S/C5H5F2NOS/c1-5(6,7)3-2-8-4(9)10-3/h2H,1H3,(H,8,9). The summed E-state index contributed by atoms with van der Waals surface area (Å²) in [6, 6.07) is 0. The molecule has 0 spiro atoms. The van der Waals surface area contributed by atoms with Gasteiger partial charge in [0.15, 0.2) is 0 Å². The third kappa shape index (κ3) is 1.41. The molecule has 1 rings (SSSR count). The minimum Gasteiger partial charge on any atom is -0.319 e. The largest absolute Gasteiger partial charge is 0.319 e. The number of halogens is 2. The van der Waals surface area contributed by atoms with Crippen LogP contribution in [0.15, 0.2) is 11.0 Å². The molecule has 10 heavy (non-hydrogen) atoms. The predicted molar refractivity (Wildman–Crippen MR) is 34.5 cm³/mol. The fourth-order valence-electron chi connectivity index (χ4n) is 0.500. The molecule has 0 bridgehead atoms. The van der Waals surface area contributed by atoms with Crippen molar-refractivity contribution in [1.29, 1.82) is 0 Å². The normalized spacial score (nSPS) is 11.9. The number of hydrogen-bond acceptors (Lipinski definition) is 2. The lowest BCUT2D eigenvalue weighted by Gasteiger charge is -2.03. The van der Waals surface area contributed by atoms with Gasteiger partial charge >= 0.3 is 4.87 Å². The van der Waals surface area contributed by atoms with Crippen LogP contribution in [0.5, 0.6) is 0 Å². The zero-order chi connectivity index (χ0) is 7.78. The van der Waals surface area contributed by atoms with Crippen molar-refractivity contribution in [2.24, 2.45) is 0 Å². The van der Waals surface area contributed by atoms with Crippen molar-refractivity contribution in [3.8, 4) is 0 Å². The van der Waals surface area contributed by atoms with Gasteiger partial charge in [-0.05, 0) is 0 Å². The Balaban J connectivity index is 3.07. The average molecular weight is 165 g/mol. The van der Waals surface area contributed by atoms with Crippen LogP contribution in [0.3, 0.4) is 0 Å². The molecule has 1 N–H and O–H groups in total. The number of aromatic amines is 1. The summed E-state index contributed by atoms with van der Waals surface area (Å²) in [4.78, 5) is 11.9. The maximum absolute atomic E-state index is 12.3. The highest BCUT2D eigenvalue weighted by atomic mass is 32.1. The van der Waals surface area contributed by atoms with Crippen LogP contribution in [0.1, 0.15) is 11.8 Å². The molecular weight excluding hydrogens is 160 g/mol. The van der Waals surface area contributed by atoms with Crippen molar-refractivity contribution in [2.45, 2.75) is 12.8 Å². The number of H-pyrrole nitrogens is 1. The van der Waals surface area contributed by atoms with Gasteiger partial charge in [0, 0.05) is 13.1 Å². The van der Waals surface area contributed by atoms with Crippen molar-refractivity contribution in [3.63, 3.8) is 0 Å². The van der Waals surface area contributed by atoms with Crippen LogP contribution in [0, 0.1) is 0 Å². The zero-order valence-electron chi connectivity index (χ0n) is 5.15. The lowest BCUT2D eigenvalue weighted by Crippen LogP contribution is -2.03. The first kappa shape index (κ1) is 7.40. The molecule has 0 atom stereocenters. The minimum atomic E-state index is -2.90. The topological polar surface area (TPSA) is 32.9 Å². The molecule has 5 heteroatoms. The Morgan fingerprint density at radius 3 is 2.50 bits per heavy atom. The van der Waals surface area contributed by atoms with E-state index in [1.54, 1.807) is 0 Å². The van der Waals surface area contributed by atoms with Gasteiger partial charge in [0.1, 0.15) is 0 Å². The number of aromatic nitrogens is 1. The first-order chi connectivity index (χ1) is 4.50. The minimum absolute atomic E-state index is 0.225. The third-order valence-electron chi connectivity index (χ3n) is 0.956. The van der Waals surface area contributed by atoms with E-state index in [0.29, 0.717) is 11.3 Å². The van der Waals surface area contributed by atoms with Gasteiger partial charge in [-0.25, -0.2) is 8.78 Å². The molecule has 1 aromatic heterocycles. The SMILES string of the molecule is CC(F)(F)c1c[nH]c(=O)s1. The highest BCUT2D eigenvalue weighted by Crippen LogP contribution is 2.27. The Kier molecular flexibility index (Phi) is 1.60. The molecule has 1 heterocycles. The van der Waals surface area contributed by atoms with Gasteiger partial charge in [-0.3, -0.25) is 4.79 Å². The first-order valence-corrected chi connectivity index (χ1v) is 3.38. The molecule has 0 aliphatic carbocycles. The average Bonchev–Trinajstić information content (AvgIpc) is 2.11. The van der Waals surface area contributed by atoms with Gasteiger partial charge in [0.2, 0.25) is 0 Å². The molecule has 0 saturated heterocycles. The fourth-order valence-corrected chi connectivity index (χ4v) is 1.11. The number of rotatable bonds is 1. The lowest BCUT2D eigenvalue weighted by molar-refractivity contribution is 0.0213. The van der Waals surface area contributed by atoms with Crippen LogP contribution in [-0.2, 0) is 5.92 Å². The van der Waals surface area contributed by atoms with E-state index in [0.717, 1.165) is 13.1 Å². The monoisotopic (exact) mass is 165 g/mol. The van der Waals surface area contributed by atoms with Crippen molar-refractivity contribution in [2.75, 3.05) is 0 Å². The molecule has 0 aromatic carbocycles. The Morgan fingerprint density at radius 2 is 2.30 bits per heavy atom. The predicted octanol–water partition coefficient (Wildman–Crippen LogP) is 1.55. The van der Waals surface area contributed by atoms with E-state index in [9.17, 15) is 13.6 Å². The second-order valence-corrected chi connectivity index (χ2v) is 2.95. The highest BCUT2D eigenvalue weighted by Gasteiger charge is 2.26. The van der Waals surface area contributed by atoms with Crippen LogP contribution in [0.25, 0.3) is 0 Å². The zero-order valence-corrected chi connectivity index (χ0v) is 5.97. The maximum Gasteiger partial charge on any atom is 0.304 e. The number of alkyl halides is 2. The fraction of sp³-hybridized carbons (Fsp3) is 0.400. The van der Waals surface area contributed by atoms with Crippen molar-refractivity contribution >= 4 is 11.3 Å². The smallest absolute Gasteiger partial charge is 0.304 e. The second-order valence-electron chi connectivity index (χ2n) is 1.93. The third-order valence-corrected chi connectivity index (χ3v) is 1.96. The van der Waals surface area contributed by atoms with Crippen molar-refractivity contribution in [1.82, 2.24) is 4.98 Å². The number of thiazole rings is 1. The van der Waals surface area contributed by atoms with Gasteiger partial charge in [-0.2, -0.15) is 0 Å². The van der Waals surface area contributed by atoms with Gasteiger partial charge in [0.05, 0.1) is 4.88 Å². The van der Waals surface area contributed by atoms with Crippen LogP contribution in [0.2, 0.25) is 0 Å². The van der Waals surface area contributed by atoms with Crippen LogP contribution in [-0.4, -0.2) is 4.98 Å². The molecule has 1 aromatic rings. The van der Waals surface area contributed by atoms with Gasteiger partial charge < -0.3 is 4.98 Å². The van der Waals surface area contributed by atoms with E-state index in [4.69, 9.17) is 0 Å².